The summed E-state index contributed by atoms with van der Waals surface area (Å²) in [6.07, 6.45) is 6.04. The molecule has 0 saturated carbocycles. The van der Waals surface area contributed by atoms with Crippen LogP contribution >= 0.6 is 0 Å². The second-order valence-electron chi connectivity index (χ2n) is 5.49. The van der Waals surface area contributed by atoms with Gasteiger partial charge in [-0.15, -0.1) is 0 Å². The Morgan fingerprint density at radius 2 is 2.27 bits per heavy atom. The number of ether oxygens (including phenoxy) is 3. The summed E-state index contributed by atoms with van der Waals surface area (Å²) in [6, 6.07) is 5.34. The minimum Gasteiger partial charge on any atom is -0.454 e. The van der Waals surface area contributed by atoms with E-state index in [0.29, 0.717) is 30.2 Å². The normalized spacial score (nSPS) is 20.6. The van der Waals surface area contributed by atoms with Crippen molar-refractivity contribution >= 4 is 5.91 Å². The van der Waals surface area contributed by atoms with Gasteiger partial charge in [0.1, 0.15) is 0 Å². The van der Waals surface area contributed by atoms with Crippen molar-refractivity contribution in [2.45, 2.75) is 25.9 Å². The molecule has 3 rings (SSSR count). The number of fused-ring (bicyclic) bond motifs is 1. The Labute approximate surface area is 130 Å². The SMILES string of the molecule is C/C=C\COC1CCCN(C(=O)c2ccc3c(c2)OCO3)C1. The van der Waals surface area contributed by atoms with Crippen LogP contribution in [0.25, 0.3) is 0 Å². The van der Waals surface area contributed by atoms with Crippen LogP contribution in [0.15, 0.2) is 30.4 Å². The maximum atomic E-state index is 12.6. The van der Waals surface area contributed by atoms with Crippen LogP contribution in [-0.2, 0) is 4.74 Å². The molecule has 0 aliphatic carbocycles. The molecule has 5 nitrogen and oxygen atoms in total. The molecule has 5 heteroatoms. The number of benzene rings is 1. The lowest BCUT2D eigenvalue weighted by molar-refractivity contribution is 0.0133. The third-order valence-electron chi connectivity index (χ3n) is 3.95. The summed E-state index contributed by atoms with van der Waals surface area (Å²) >= 11 is 0. The molecule has 118 valence electrons. The van der Waals surface area contributed by atoms with E-state index in [2.05, 4.69) is 0 Å². The van der Waals surface area contributed by atoms with Crippen molar-refractivity contribution in [2.24, 2.45) is 0 Å². The zero-order valence-electron chi connectivity index (χ0n) is 12.8. The van der Waals surface area contributed by atoms with Gasteiger partial charge in [0, 0.05) is 18.7 Å². The third kappa shape index (κ3) is 3.25. The van der Waals surface area contributed by atoms with Gasteiger partial charge >= 0.3 is 0 Å². The molecule has 1 amide bonds. The molecule has 1 aromatic carbocycles. The van der Waals surface area contributed by atoms with E-state index in [0.717, 1.165) is 19.4 Å². The lowest BCUT2D eigenvalue weighted by atomic mass is 10.1. The van der Waals surface area contributed by atoms with Crippen molar-refractivity contribution in [3.8, 4) is 11.5 Å². The Morgan fingerprint density at radius 1 is 1.41 bits per heavy atom. The van der Waals surface area contributed by atoms with Crippen LogP contribution in [0, 0.1) is 0 Å². The van der Waals surface area contributed by atoms with Crippen LogP contribution < -0.4 is 9.47 Å². The minimum absolute atomic E-state index is 0.0256. The van der Waals surface area contributed by atoms with Gasteiger partial charge in [-0.3, -0.25) is 4.79 Å². The van der Waals surface area contributed by atoms with E-state index in [9.17, 15) is 4.79 Å². The first kappa shape index (κ1) is 14.9. The van der Waals surface area contributed by atoms with Crippen molar-refractivity contribution in [3.05, 3.63) is 35.9 Å². The largest absolute Gasteiger partial charge is 0.454 e. The van der Waals surface area contributed by atoms with Crippen LogP contribution in [0.3, 0.4) is 0 Å². The number of hydrogen-bond acceptors (Lipinski definition) is 4. The fraction of sp³-hybridized carbons (Fsp3) is 0.471. The summed E-state index contributed by atoms with van der Waals surface area (Å²) in [7, 11) is 0. The number of nitrogens with zero attached hydrogens (tertiary/aromatic N) is 1. The Balaban J connectivity index is 1.64. The van der Waals surface area contributed by atoms with Gasteiger partial charge in [-0.05, 0) is 38.0 Å². The Morgan fingerprint density at radius 3 is 3.14 bits per heavy atom. The quantitative estimate of drug-likeness (QED) is 0.802. The van der Waals surface area contributed by atoms with Gasteiger partial charge in [-0.1, -0.05) is 12.2 Å². The van der Waals surface area contributed by atoms with Crippen molar-refractivity contribution in [2.75, 3.05) is 26.5 Å². The van der Waals surface area contributed by atoms with E-state index in [-0.39, 0.29) is 18.8 Å². The monoisotopic (exact) mass is 303 g/mol. The molecule has 1 aromatic rings. The molecular weight excluding hydrogens is 282 g/mol. The van der Waals surface area contributed by atoms with Gasteiger partial charge in [-0.2, -0.15) is 0 Å². The second kappa shape index (κ2) is 6.83. The molecule has 0 bridgehead atoms. The maximum Gasteiger partial charge on any atom is 0.254 e. The van der Waals surface area contributed by atoms with Crippen LogP contribution in [0.4, 0.5) is 0 Å². The van der Waals surface area contributed by atoms with E-state index in [1.54, 1.807) is 18.2 Å². The fourth-order valence-electron chi connectivity index (χ4n) is 2.76. The highest BCUT2D eigenvalue weighted by molar-refractivity contribution is 5.95. The summed E-state index contributed by atoms with van der Waals surface area (Å²) in [6.45, 7) is 4.21. The molecule has 1 atom stereocenters. The number of hydrogen-bond donors (Lipinski definition) is 0. The van der Waals surface area contributed by atoms with Crippen LogP contribution in [0.2, 0.25) is 0 Å². The highest BCUT2D eigenvalue weighted by atomic mass is 16.7. The van der Waals surface area contributed by atoms with Crippen molar-refractivity contribution in [1.82, 2.24) is 4.90 Å². The minimum atomic E-state index is 0.0256. The summed E-state index contributed by atoms with van der Waals surface area (Å²) in [5.74, 6) is 1.36. The molecule has 0 spiro atoms. The van der Waals surface area contributed by atoms with E-state index in [1.165, 1.54) is 0 Å². The molecule has 2 aliphatic rings. The maximum absolute atomic E-state index is 12.6. The van der Waals surface area contributed by atoms with Gasteiger partial charge in [0.25, 0.3) is 5.91 Å². The molecule has 0 radical (unpaired) electrons. The van der Waals surface area contributed by atoms with E-state index < -0.39 is 0 Å². The molecule has 0 N–H and O–H groups in total. The topological polar surface area (TPSA) is 48.0 Å². The molecule has 1 saturated heterocycles. The zero-order valence-corrected chi connectivity index (χ0v) is 12.8. The molecule has 2 heterocycles. The first-order valence-electron chi connectivity index (χ1n) is 7.69. The van der Waals surface area contributed by atoms with Crippen molar-refractivity contribution in [1.29, 1.82) is 0 Å². The number of rotatable bonds is 4. The van der Waals surface area contributed by atoms with E-state index >= 15 is 0 Å². The second-order valence-corrected chi connectivity index (χ2v) is 5.49. The van der Waals surface area contributed by atoms with Gasteiger partial charge < -0.3 is 19.1 Å². The summed E-state index contributed by atoms with van der Waals surface area (Å²) in [5.41, 5.74) is 0.637. The number of amides is 1. The first-order chi connectivity index (χ1) is 10.8. The molecule has 1 unspecified atom stereocenters. The zero-order chi connectivity index (χ0) is 15.4. The Kier molecular flexibility index (Phi) is 4.63. The molecule has 22 heavy (non-hydrogen) atoms. The van der Waals surface area contributed by atoms with Gasteiger partial charge in [0.05, 0.1) is 12.7 Å². The average Bonchev–Trinajstić information content (AvgIpc) is 3.02. The lowest BCUT2D eigenvalue weighted by Crippen LogP contribution is -2.43. The molecular formula is C17H21NO4. The third-order valence-corrected chi connectivity index (χ3v) is 3.95. The lowest BCUT2D eigenvalue weighted by Gasteiger charge is -2.32. The highest BCUT2D eigenvalue weighted by Gasteiger charge is 2.26. The van der Waals surface area contributed by atoms with E-state index in [1.807, 2.05) is 24.0 Å². The highest BCUT2D eigenvalue weighted by Crippen LogP contribution is 2.33. The standard InChI is InChI=1S/C17H21NO4/c1-2-3-9-20-14-5-4-8-18(11-14)17(19)13-6-7-15-16(10-13)22-12-21-15/h2-3,6-7,10,14H,4-5,8-9,11-12H2,1H3/b3-2-. The number of carbonyl (C=O) groups excluding carboxylic acids is 1. The number of piperidine rings is 1. The van der Waals surface area contributed by atoms with Gasteiger partial charge in [-0.25, -0.2) is 0 Å². The molecule has 0 aromatic heterocycles. The smallest absolute Gasteiger partial charge is 0.254 e. The Bertz CT molecular complexity index is 570. The molecule has 2 aliphatic heterocycles. The van der Waals surface area contributed by atoms with Crippen LogP contribution in [-0.4, -0.2) is 43.4 Å². The number of carbonyl (C=O) groups is 1. The number of allylic oxidation sites excluding steroid dienone is 1. The fourth-order valence-corrected chi connectivity index (χ4v) is 2.76. The predicted molar refractivity (Wildman–Crippen MR) is 82.3 cm³/mol. The summed E-state index contributed by atoms with van der Waals surface area (Å²) < 4.78 is 16.4. The summed E-state index contributed by atoms with van der Waals surface area (Å²) in [4.78, 5) is 14.5. The van der Waals surface area contributed by atoms with Crippen LogP contribution in [0.5, 0.6) is 11.5 Å². The molecule has 1 fully saturated rings. The Hall–Kier alpha value is -2.01. The first-order valence-corrected chi connectivity index (χ1v) is 7.69. The predicted octanol–water partition coefficient (Wildman–Crippen LogP) is 2.61. The van der Waals surface area contributed by atoms with Crippen LogP contribution in [0.1, 0.15) is 30.1 Å². The average molecular weight is 303 g/mol. The number of likely N-dealkylation sites (tertiary alicyclic amines) is 1. The van der Waals surface area contributed by atoms with Crippen molar-refractivity contribution in [3.63, 3.8) is 0 Å². The van der Waals surface area contributed by atoms with Crippen molar-refractivity contribution < 1.29 is 19.0 Å². The van der Waals surface area contributed by atoms with Gasteiger partial charge in [0.15, 0.2) is 11.5 Å². The van der Waals surface area contributed by atoms with Gasteiger partial charge in [0.2, 0.25) is 6.79 Å². The van der Waals surface area contributed by atoms with E-state index in [4.69, 9.17) is 14.2 Å². The summed E-state index contributed by atoms with van der Waals surface area (Å²) in [5, 5.41) is 0.